The SMILES string of the molecule is COc1c(Br)cc(Cl)cc1S(=O)(=O)NC(C)(C)C(C)O. The van der Waals surface area contributed by atoms with Crippen LogP contribution in [0.25, 0.3) is 0 Å². The van der Waals surface area contributed by atoms with Crippen molar-refractivity contribution >= 4 is 37.6 Å². The predicted octanol–water partition coefficient (Wildman–Crippen LogP) is 2.55. The monoisotopic (exact) mass is 385 g/mol. The van der Waals surface area contributed by atoms with Crippen LogP contribution in [0.3, 0.4) is 0 Å². The van der Waals surface area contributed by atoms with Gasteiger partial charge in [0.15, 0.2) is 5.75 Å². The highest BCUT2D eigenvalue weighted by Gasteiger charge is 2.32. The Morgan fingerprint density at radius 2 is 2.00 bits per heavy atom. The average molecular weight is 387 g/mol. The van der Waals surface area contributed by atoms with E-state index in [0.29, 0.717) is 4.47 Å². The standard InChI is InChI=1S/C12H17BrClNO4S/c1-7(16)12(2,3)15-20(17,18)10-6-8(14)5-9(13)11(10)19-4/h5-7,15-16H,1-4H3. The molecule has 1 unspecified atom stereocenters. The van der Waals surface area contributed by atoms with E-state index in [1.165, 1.54) is 20.1 Å². The number of halogens is 2. The summed E-state index contributed by atoms with van der Waals surface area (Å²) in [5, 5.41) is 9.89. The van der Waals surface area contributed by atoms with Crippen molar-refractivity contribution < 1.29 is 18.3 Å². The second-order valence-corrected chi connectivity index (χ2v) is 7.86. The second kappa shape index (κ2) is 6.19. The van der Waals surface area contributed by atoms with Gasteiger partial charge in [-0.15, -0.1) is 0 Å². The topological polar surface area (TPSA) is 75.6 Å². The van der Waals surface area contributed by atoms with Gasteiger partial charge >= 0.3 is 0 Å². The fourth-order valence-corrected chi connectivity index (χ4v) is 4.28. The highest BCUT2D eigenvalue weighted by Crippen LogP contribution is 2.35. The zero-order chi connectivity index (χ0) is 15.7. The molecule has 0 amide bonds. The molecule has 1 aromatic rings. The van der Waals surface area contributed by atoms with E-state index in [4.69, 9.17) is 16.3 Å². The molecular formula is C12H17BrClNO4S. The van der Waals surface area contributed by atoms with E-state index in [-0.39, 0.29) is 15.7 Å². The van der Waals surface area contributed by atoms with E-state index < -0.39 is 21.7 Å². The summed E-state index contributed by atoms with van der Waals surface area (Å²) in [5.41, 5.74) is -1.03. The Morgan fingerprint density at radius 3 is 2.45 bits per heavy atom. The highest BCUT2D eigenvalue weighted by molar-refractivity contribution is 9.10. The van der Waals surface area contributed by atoms with Crippen molar-refractivity contribution in [2.75, 3.05) is 7.11 Å². The molecule has 0 aliphatic rings. The van der Waals surface area contributed by atoms with Crippen molar-refractivity contribution in [1.82, 2.24) is 4.72 Å². The molecule has 0 heterocycles. The van der Waals surface area contributed by atoms with Crippen molar-refractivity contribution in [3.8, 4) is 5.75 Å². The summed E-state index contributed by atoms with van der Waals surface area (Å²) < 4.78 is 32.9. The Balaban J connectivity index is 3.36. The summed E-state index contributed by atoms with van der Waals surface area (Å²) in [5.74, 6) is 0.156. The molecule has 0 spiro atoms. The Kier molecular flexibility index (Phi) is 5.48. The fraction of sp³-hybridized carbons (Fsp3) is 0.500. The molecule has 0 saturated heterocycles. The molecule has 0 aromatic heterocycles. The number of aliphatic hydroxyl groups excluding tert-OH is 1. The number of hydrogen-bond acceptors (Lipinski definition) is 4. The number of benzene rings is 1. The van der Waals surface area contributed by atoms with E-state index in [1.54, 1.807) is 19.9 Å². The van der Waals surface area contributed by atoms with Gasteiger partial charge in [0.05, 0.1) is 23.2 Å². The number of nitrogens with one attached hydrogen (secondary N) is 1. The molecule has 1 atom stereocenters. The van der Waals surface area contributed by atoms with Crippen LogP contribution < -0.4 is 9.46 Å². The van der Waals surface area contributed by atoms with Gasteiger partial charge in [-0.2, -0.15) is 0 Å². The molecule has 8 heteroatoms. The van der Waals surface area contributed by atoms with E-state index >= 15 is 0 Å². The zero-order valence-corrected chi connectivity index (χ0v) is 14.7. The largest absolute Gasteiger partial charge is 0.494 e. The number of sulfonamides is 1. The highest BCUT2D eigenvalue weighted by atomic mass is 79.9. The molecule has 0 aliphatic carbocycles. The van der Waals surface area contributed by atoms with E-state index in [1.807, 2.05) is 0 Å². The van der Waals surface area contributed by atoms with Crippen molar-refractivity contribution in [1.29, 1.82) is 0 Å². The first kappa shape index (κ1) is 17.7. The van der Waals surface area contributed by atoms with Crippen LogP contribution in [-0.2, 0) is 10.0 Å². The van der Waals surface area contributed by atoms with Crippen molar-refractivity contribution in [2.24, 2.45) is 0 Å². The Morgan fingerprint density at radius 1 is 1.45 bits per heavy atom. The maximum Gasteiger partial charge on any atom is 0.244 e. The van der Waals surface area contributed by atoms with Crippen LogP contribution in [0.15, 0.2) is 21.5 Å². The van der Waals surface area contributed by atoms with Gasteiger partial charge in [-0.1, -0.05) is 11.6 Å². The summed E-state index contributed by atoms with van der Waals surface area (Å²) in [6.07, 6.45) is -0.870. The molecule has 1 aromatic carbocycles. The summed E-state index contributed by atoms with van der Waals surface area (Å²) in [6.45, 7) is 4.68. The average Bonchev–Trinajstić information content (AvgIpc) is 2.26. The first-order chi connectivity index (χ1) is 9.01. The van der Waals surface area contributed by atoms with Crippen molar-refractivity contribution in [3.05, 3.63) is 21.6 Å². The van der Waals surface area contributed by atoms with Gasteiger partial charge in [0, 0.05) is 5.02 Å². The first-order valence-electron chi connectivity index (χ1n) is 5.76. The summed E-state index contributed by atoms with van der Waals surface area (Å²) in [4.78, 5) is -0.0897. The van der Waals surface area contributed by atoms with Crippen LogP contribution in [0.4, 0.5) is 0 Å². The van der Waals surface area contributed by atoms with E-state index in [9.17, 15) is 13.5 Å². The Bertz CT molecular complexity index is 602. The van der Waals surface area contributed by atoms with Crippen LogP contribution in [0.1, 0.15) is 20.8 Å². The molecule has 0 radical (unpaired) electrons. The quantitative estimate of drug-likeness (QED) is 0.815. The van der Waals surface area contributed by atoms with Crippen LogP contribution in [0.5, 0.6) is 5.75 Å². The third kappa shape index (κ3) is 3.85. The number of methoxy groups -OCH3 is 1. The van der Waals surface area contributed by atoms with Crippen LogP contribution in [0, 0.1) is 0 Å². The maximum absolute atomic E-state index is 12.5. The third-order valence-corrected chi connectivity index (χ3v) is 5.39. The summed E-state index contributed by atoms with van der Waals surface area (Å²) in [6, 6.07) is 2.84. The zero-order valence-electron chi connectivity index (χ0n) is 11.6. The van der Waals surface area contributed by atoms with Gasteiger partial charge in [0.25, 0.3) is 0 Å². The van der Waals surface area contributed by atoms with Gasteiger partial charge in [0.1, 0.15) is 4.90 Å². The first-order valence-corrected chi connectivity index (χ1v) is 8.41. The minimum atomic E-state index is -3.90. The second-order valence-electron chi connectivity index (χ2n) is 4.92. The lowest BCUT2D eigenvalue weighted by atomic mass is 10.0. The van der Waals surface area contributed by atoms with Crippen LogP contribution in [0.2, 0.25) is 5.02 Å². The summed E-state index contributed by atoms with van der Waals surface area (Å²) >= 11 is 9.10. The van der Waals surface area contributed by atoms with Gasteiger partial charge < -0.3 is 9.84 Å². The number of ether oxygens (including phenoxy) is 1. The van der Waals surface area contributed by atoms with Gasteiger partial charge in [-0.05, 0) is 48.8 Å². The smallest absolute Gasteiger partial charge is 0.244 e. The molecule has 0 fully saturated rings. The summed E-state index contributed by atoms with van der Waals surface area (Å²) in [7, 11) is -2.53. The minimum Gasteiger partial charge on any atom is -0.494 e. The third-order valence-electron chi connectivity index (χ3n) is 2.91. The molecule has 1 rings (SSSR count). The lowest BCUT2D eigenvalue weighted by Crippen LogP contribution is -2.50. The van der Waals surface area contributed by atoms with Crippen LogP contribution >= 0.6 is 27.5 Å². The predicted molar refractivity (Wildman–Crippen MR) is 81.8 cm³/mol. The molecule has 20 heavy (non-hydrogen) atoms. The minimum absolute atomic E-state index is 0.0897. The molecule has 0 bridgehead atoms. The molecule has 2 N–H and O–H groups in total. The lowest BCUT2D eigenvalue weighted by molar-refractivity contribution is 0.111. The maximum atomic E-state index is 12.5. The van der Waals surface area contributed by atoms with Crippen LogP contribution in [-0.4, -0.2) is 32.3 Å². The lowest BCUT2D eigenvalue weighted by Gasteiger charge is -2.29. The van der Waals surface area contributed by atoms with Crippen molar-refractivity contribution in [2.45, 2.75) is 37.3 Å². The van der Waals surface area contributed by atoms with Gasteiger partial charge in [-0.3, -0.25) is 0 Å². The molecule has 114 valence electrons. The van der Waals surface area contributed by atoms with E-state index in [0.717, 1.165) is 0 Å². The molecule has 0 saturated carbocycles. The van der Waals surface area contributed by atoms with Gasteiger partial charge in [0.2, 0.25) is 10.0 Å². The van der Waals surface area contributed by atoms with Crippen molar-refractivity contribution in [3.63, 3.8) is 0 Å². The van der Waals surface area contributed by atoms with E-state index in [2.05, 4.69) is 20.7 Å². The normalized spacial score (nSPS) is 14.2. The number of aliphatic hydroxyl groups is 1. The fourth-order valence-electron chi connectivity index (χ4n) is 1.42. The Hall–Kier alpha value is -0.340. The van der Waals surface area contributed by atoms with Gasteiger partial charge in [-0.25, -0.2) is 13.1 Å². The number of hydrogen-bond donors (Lipinski definition) is 2. The molecular weight excluding hydrogens is 370 g/mol. The molecule has 0 aliphatic heterocycles. The molecule has 5 nitrogen and oxygen atoms in total. The number of rotatable bonds is 5. The Labute approximate surface area is 132 Å².